The quantitative estimate of drug-likeness (QED) is 0.262. The van der Waals surface area contributed by atoms with Crippen LogP contribution in [0.2, 0.25) is 0 Å². The second-order valence-corrected chi connectivity index (χ2v) is 9.18. The number of carbonyl (C=O) groups is 1. The van der Waals surface area contributed by atoms with E-state index in [1.807, 2.05) is 42.5 Å². The van der Waals surface area contributed by atoms with Crippen molar-refractivity contribution >= 4 is 16.9 Å². The number of carbonyl (C=O) groups excluding carboxylic acids is 1. The Bertz CT molecular complexity index is 1230. The number of para-hydroxylation sites is 3. The number of aromatic nitrogens is 2. The second kappa shape index (κ2) is 12.2. The van der Waals surface area contributed by atoms with Gasteiger partial charge >= 0.3 is 0 Å². The van der Waals surface area contributed by atoms with Gasteiger partial charge in [-0.15, -0.1) is 0 Å². The Labute approximate surface area is 208 Å². The molecule has 0 aliphatic heterocycles. The number of rotatable bonds is 12. The molecule has 1 heterocycles. The molecule has 0 atom stereocenters. The van der Waals surface area contributed by atoms with E-state index in [1.54, 1.807) is 0 Å². The molecule has 182 valence electrons. The summed E-state index contributed by atoms with van der Waals surface area (Å²) in [4.78, 5) is 17.2. The average Bonchev–Trinajstić information content (AvgIpc) is 3.22. The molecule has 3 aromatic carbocycles. The van der Waals surface area contributed by atoms with E-state index in [4.69, 9.17) is 9.72 Å². The fourth-order valence-corrected chi connectivity index (χ4v) is 4.37. The van der Waals surface area contributed by atoms with E-state index in [0.717, 1.165) is 47.6 Å². The van der Waals surface area contributed by atoms with Crippen molar-refractivity contribution in [1.29, 1.82) is 0 Å². The van der Waals surface area contributed by atoms with Gasteiger partial charge in [0.15, 0.2) is 0 Å². The number of nitrogens with zero attached hydrogens (tertiary/aromatic N) is 2. The van der Waals surface area contributed by atoms with Gasteiger partial charge in [0.25, 0.3) is 0 Å². The fraction of sp³-hybridized carbons (Fsp3) is 0.333. The van der Waals surface area contributed by atoms with Gasteiger partial charge in [0, 0.05) is 19.5 Å². The minimum absolute atomic E-state index is 0.0395. The summed E-state index contributed by atoms with van der Waals surface area (Å²) in [6.45, 7) is 6.53. The minimum atomic E-state index is 0.0395. The van der Waals surface area contributed by atoms with E-state index in [2.05, 4.69) is 60.1 Å². The number of unbranched alkanes of at least 4 members (excludes halogenated alkanes) is 1. The number of imidazole rings is 1. The van der Waals surface area contributed by atoms with Crippen LogP contribution in [-0.2, 0) is 24.2 Å². The van der Waals surface area contributed by atoms with Gasteiger partial charge < -0.3 is 14.6 Å². The SMILES string of the molecule is CC(C)c1ccccc1OCCCCn1c(CCNC(=O)Cc2ccccc2)nc2ccccc21. The third-order valence-electron chi connectivity index (χ3n) is 6.19. The van der Waals surface area contributed by atoms with Crippen molar-refractivity contribution in [1.82, 2.24) is 14.9 Å². The topological polar surface area (TPSA) is 56.1 Å². The summed E-state index contributed by atoms with van der Waals surface area (Å²) in [5.41, 5.74) is 4.42. The van der Waals surface area contributed by atoms with Crippen molar-refractivity contribution in [3.05, 3.63) is 95.8 Å². The summed E-state index contributed by atoms with van der Waals surface area (Å²) >= 11 is 0. The predicted molar refractivity (Wildman–Crippen MR) is 142 cm³/mol. The van der Waals surface area contributed by atoms with Crippen molar-refractivity contribution in [2.75, 3.05) is 13.2 Å². The van der Waals surface area contributed by atoms with E-state index >= 15 is 0 Å². The molecular formula is C30H35N3O2. The molecule has 5 nitrogen and oxygen atoms in total. The highest BCUT2D eigenvalue weighted by Gasteiger charge is 2.11. The summed E-state index contributed by atoms with van der Waals surface area (Å²) < 4.78 is 8.40. The number of amides is 1. The monoisotopic (exact) mass is 469 g/mol. The molecule has 0 aliphatic rings. The smallest absolute Gasteiger partial charge is 0.224 e. The summed E-state index contributed by atoms with van der Waals surface area (Å²) in [7, 11) is 0. The Morgan fingerprint density at radius 3 is 2.51 bits per heavy atom. The molecule has 0 radical (unpaired) electrons. The van der Waals surface area contributed by atoms with Crippen LogP contribution in [0.5, 0.6) is 5.75 Å². The number of benzene rings is 3. The molecule has 5 heteroatoms. The van der Waals surface area contributed by atoms with Gasteiger partial charge in [0.05, 0.1) is 24.1 Å². The lowest BCUT2D eigenvalue weighted by molar-refractivity contribution is -0.120. The van der Waals surface area contributed by atoms with Crippen molar-refractivity contribution in [2.45, 2.75) is 52.0 Å². The second-order valence-electron chi connectivity index (χ2n) is 9.18. The van der Waals surface area contributed by atoms with Crippen LogP contribution < -0.4 is 10.1 Å². The molecular weight excluding hydrogens is 434 g/mol. The van der Waals surface area contributed by atoms with Crippen LogP contribution in [0.25, 0.3) is 11.0 Å². The third-order valence-corrected chi connectivity index (χ3v) is 6.19. The van der Waals surface area contributed by atoms with Crippen LogP contribution in [0.3, 0.4) is 0 Å². The molecule has 1 aromatic heterocycles. The molecule has 4 rings (SSSR count). The normalized spacial score (nSPS) is 11.2. The number of hydrogen-bond acceptors (Lipinski definition) is 3. The maximum atomic E-state index is 12.3. The molecule has 0 aliphatic carbocycles. The van der Waals surface area contributed by atoms with Gasteiger partial charge in [-0.25, -0.2) is 4.98 Å². The average molecular weight is 470 g/mol. The Balaban J connectivity index is 1.31. The number of aryl methyl sites for hydroxylation is 1. The van der Waals surface area contributed by atoms with Gasteiger partial charge in [0.1, 0.15) is 11.6 Å². The molecule has 0 unspecified atom stereocenters. The van der Waals surface area contributed by atoms with Crippen molar-refractivity contribution in [2.24, 2.45) is 0 Å². The number of fused-ring (bicyclic) bond motifs is 1. The summed E-state index contributed by atoms with van der Waals surface area (Å²) in [6.07, 6.45) is 3.06. The highest BCUT2D eigenvalue weighted by Crippen LogP contribution is 2.26. The van der Waals surface area contributed by atoms with E-state index in [9.17, 15) is 4.79 Å². The van der Waals surface area contributed by atoms with Gasteiger partial charge in [-0.05, 0) is 48.1 Å². The Hall–Kier alpha value is -3.60. The van der Waals surface area contributed by atoms with E-state index in [0.29, 0.717) is 31.9 Å². The largest absolute Gasteiger partial charge is 0.493 e. The van der Waals surface area contributed by atoms with Crippen LogP contribution in [0.1, 0.15) is 49.6 Å². The molecule has 0 fully saturated rings. The van der Waals surface area contributed by atoms with Crippen LogP contribution in [-0.4, -0.2) is 28.6 Å². The van der Waals surface area contributed by atoms with Crippen molar-refractivity contribution in [3.8, 4) is 5.75 Å². The van der Waals surface area contributed by atoms with Crippen molar-refractivity contribution < 1.29 is 9.53 Å². The Morgan fingerprint density at radius 1 is 0.943 bits per heavy atom. The highest BCUT2D eigenvalue weighted by molar-refractivity contribution is 5.78. The van der Waals surface area contributed by atoms with Crippen LogP contribution in [0, 0.1) is 0 Å². The zero-order valence-corrected chi connectivity index (χ0v) is 20.7. The van der Waals surface area contributed by atoms with E-state index in [1.165, 1.54) is 5.56 Å². The molecule has 0 bridgehead atoms. The fourth-order valence-electron chi connectivity index (χ4n) is 4.37. The van der Waals surface area contributed by atoms with E-state index < -0.39 is 0 Å². The molecule has 0 saturated heterocycles. The number of ether oxygens (including phenoxy) is 1. The van der Waals surface area contributed by atoms with Crippen LogP contribution in [0.15, 0.2) is 78.9 Å². The van der Waals surface area contributed by atoms with Crippen molar-refractivity contribution in [3.63, 3.8) is 0 Å². The molecule has 1 amide bonds. The molecule has 0 saturated carbocycles. The van der Waals surface area contributed by atoms with Gasteiger partial charge in [-0.3, -0.25) is 4.79 Å². The van der Waals surface area contributed by atoms with Crippen LogP contribution >= 0.6 is 0 Å². The van der Waals surface area contributed by atoms with Gasteiger partial charge in [-0.1, -0.05) is 74.5 Å². The first-order chi connectivity index (χ1) is 17.1. The summed E-state index contributed by atoms with van der Waals surface area (Å²) in [5, 5.41) is 3.05. The van der Waals surface area contributed by atoms with Gasteiger partial charge in [-0.2, -0.15) is 0 Å². The van der Waals surface area contributed by atoms with Gasteiger partial charge in [0.2, 0.25) is 5.91 Å². The molecule has 35 heavy (non-hydrogen) atoms. The third kappa shape index (κ3) is 6.72. The highest BCUT2D eigenvalue weighted by atomic mass is 16.5. The first-order valence-corrected chi connectivity index (χ1v) is 12.6. The zero-order chi connectivity index (χ0) is 24.5. The Morgan fingerprint density at radius 2 is 1.69 bits per heavy atom. The molecule has 0 spiro atoms. The standard InChI is InChI=1S/C30H35N3O2/c1-23(2)25-14-6-9-17-28(25)35-21-11-10-20-33-27-16-8-7-15-26(27)32-29(33)18-19-31-30(34)22-24-12-4-3-5-13-24/h3-9,12-17,23H,10-11,18-22H2,1-2H3,(H,31,34). The maximum absolute atomic E-state index is 12.3. The van der Waals surface area contributed by atoms with E-state index in [-0.39, 0.29) is 5.91 Å². The predicted octanol–water partition coefficient (Wildman–Crippen LogP) is 5.92. The Kier molecular flexibility index (Phi) is 8.55. The van der Waals surface area contributed by atoms with Crippen LogP contribution in [0.4, 0.5) is 0 Å². The summed E-state index contributed by atoms with van der Waals surface area (Å²) in [5.74, 6) is 2.48. The minimum Gasteiger partial charge on any atom is -0.493 e. The lowest BCUT2D eigenvalue weighted by Crippen LogP contribution is -2.28. The molecule has 4 aromatic rings. The lowest BCUT2D eigenvalue weighted by atomic mass is 10.0. The zero-order valence-electron chi connectivity index (χ0n) is 20.7. The lowest BCUT2D eigenvalue weighted by Gasteiger charge is -2.14. The number of hydrogen-bond donors (Lipinski definition) is 1. The molecule has 1 N–H and O–H groups in total. The number of nitrogens with one attached hydrogen (secondary N) is 1. The first kappa shape index (κ1) is 24.5. The maximum Gasteiger partial charge on any atom is 0.224 e. The first-order valence-electron chi connectivity index (χ1n) is 12.6. The summed E-state index contributed by atoms with van der Waals surface area (Å²) in [6, 6.07) is 26.4.